The van der Waals surface area contributed by atoms with Crippen molar-refractivity contribution in [3.63, 3.8) is 0 Å². The normalized spacial score (nSPS) is 14.5. The Kier molecular flexibility index (Phi) is 62.2. The number of hydrogen-bond donors (Lipinski definition) is 3. The van der Waals surface area contributed by atoms with Crippen LogP contribution in [0.5, 0.6) is 0 Å². The molecule has 0 fully saturated rings. The Hall–Kier alpha value is -1.94. The highest BCUT2D eigenvalue weighted by atomic mass is 31.2. The van der Waals surface area contributed by atoms with E-state index in [1.54, 1.807) is 0 Å². The number of aliphatic hydroxyl groups is 1. The van der Waals surface area contributed by atoms with Crippen molar-refractivity contribution in [2.75, 3.05) is 39.6 Å². The van der Waals surface area contributed by atoms with Crippen LogP contribution in [0.15, 0.2) is 0 Å². The van der Waals surface area contributed by atoms with E-state index in [9.17, 15) is 43.2 Å². The van der Waals surface area contributed by atoms with Gasteiger partial charge in [0.15, 0.2) is 12.2 Å². The molecule has 0 aromatic rings. The Morgan fingerprint density at radius 1 is 0.301 bits per heavy atom. The quantitative estimate of drug-likeness (QED) is 0.0222. The fraction of sp³-hybridized carbons (Fsp3) is 0.946. The molecule has 6 atom stereocenters. The molecule has 552 valence electrons. The predicted octanol–water partition coefficient (Wildman–Crippen LogP) is 21.3. The van der Waals surface area contributed by atoms with Crippen LogP contribution in [0.1, 0.15) is 370 Å². The summed E-state index contributed by atoms with van der Waals surface area (Å²) in [7, 11) is -9.91. The third kappa shape index (κ3) is 67.0. The number of carbonyl (C=O) groups excluding carboxylic acids is 4. The number of ether oxygens (including phenoxy) is 4. The van der Waals surface area contributed by atoms with Crippen molar-refractivity contribution >= 4 is 39.5 Å². The van der Waals surface area contributed by atoms with E-state index in [-0.39, 0.29) is 25.7 Å². The van der Waals surface area contributed by atoms with Crippen LogP contribution in [0.25, 0.3) is 0 Å². The first-order valence-electron chi connectivity index (χ1n) is 38.2. The average Bonchev–Trinajstić information content (AvgIpc) is 1.81. The second-order valence-electron chi connectivity index (χ2n) is 28.4. The van der Waals surface area contributed by atoms with Crippen LogP contribution in [-0.2, 0) is 65.4 Å². The van der Waals surface area contributed by atoms with Crippen LogP contribution < -0.4 is 0 Å². The SMILES string of the molecule is CCC(C)CCCCCCCCCCCCC(=O)O[C@H](COC(=O)CCCCCCCCCCCCC(C)C)COP(=O)(O)OCC(O)COP(=O)(O)OC[C@@H](COC(=O)CCCCCCCCCC(C)C)OC(=O)CCCCCCCCCCCCCCCC(C)C. The van der Waals surface area contributed by atoms with Gasteiger partial charge in [-0.2, -0.15) is 0 Å². The molecule has 0 saturated heterocycles. The minimum Gasteiger partial charge on any atom is -0.462 e. The topological polar surface area (TPSA) is 237 Å². The molecule has 0 heterocycles. The summed E-state index contributed by atoms with van der Waals surface area (Å²) in [5.74, 6) is 0.929. The minimum absolute atomic E-state index is 0.105. The van der Waals surface area contributed by atoms with Crippen molar-refractivity contribution < 1.29 is 80.2 Å². The molecular formula is C74H144O17P2. The number of rotatable bonds is 71. The number of phosphoric acid groups is 2. The Labute approximate surface area is 568 Å². The lowest BCUT2D eigenvalue weighted by Gasteiger charge is -2.21. The van der Waals surface area contributed by atoms with E-state index in [0.29, 0.717) is 31.6 Å². The van der Waals surface area contributed by atoms with Gasteiger partial charge in [0.25, 0.3) is 0 Å². The zero-order valence-electron chi connectivity index (χ0n) is 60.9. The minimum atomic E-state index is -4.96. The van der Waals surface area contributed by atoms with E-state index in [2.05, 4.69) is 55.4 Å². The third-order valence-electron chi connectivity index (χ3n) is 17.4. The molecular weight excluding hydrogens is 1220 g/mol. The molecule has 93 heavy (non-hydrogen) atoms. The van der Waals surface area contributed by atoms with Crippen LogP contribution in [0.2, 0.25) is 0 Å². The zero-order chi connectivity index (χ0) is 68.9. The number of aliphatic hydroxyl groups excluding tert-OH is 1. The summed E-state index contributed by atoms with van der Waals surface area (Å²) in [4.78, 5) is 72.7. The molecule has 0 amide bonds. The lowest BCUT2D eigenvalue weighted by atomic mass is 9.99. The van der Waals surface area contributed by atoms with Gasteiger partial charge in [0.1, 0.15) is 19.3 Å². The van der Waals surface area contributed by atoms with Gasteiger partial charge in [-0.05, 0) is 49.4 Å². The summed E-state index contributed by atoms with van der Waals surface area (Å²) < 4.78 is 68.5. The van der Waals surface area contributed by atoms with E-state index < -0.39 is 97.5 Å². The first-order chi connectivity index (χ1) is 44.6. The van der Waals surface area contributed by atoms with Crippen LogP contribution in [-0.4, -0.2) is 96.7 Å². The smallest absolute Gasteiger partial charge is 0.462 e. The van der Waals surface area contributed by atoms with Gasteiger partial charge in [-0.15, -0.1) is 0 Å². The van der Waals surface area contributed by atoms with Crippen molar-refractivity contribution in [3.8, 4) is 0 Å². The Balaban J connectivity index is 5.26. The molecule has 0 aliphatic carbocycles. The van der Waals surface area contributed by atoms with Crippen LogP contribution in [0, 0.1) is 23.7 Å². The van der Waals surface area contributed by atoms with Crippen molar-refractivity contribution in [1.82, 2.24) is 0 Å². The fourth-order valence-electron chi connectivity index (χ4n) is 11.2. The second-order valence-corrected chi connectivity index (χ2v) is 31.3. The molecule has 0 saturated carbocycles. The Morgan fingerprint density at radius 2 is 0.516 bits per heavy atom. The van der Waals surface area contributed by atoms with Gasteiger partial charge in [0.05, 0.1) is 26.4 Å². The van der Waals surface area contributed by atoms with Gasteiger partial charge in [-0.25, -0.2) is 9.13 Å². The fourth-order valence-corrected chi connectivity index (χ4v) is 12.7. The molecule has 0 aliphatic rings. The highest BCUT2D eigenvalue weighted by Gasteiger charge is 2.30. The monoisotopic (exact) mass is 1370 g/mol. The molecule has 0 spiro atoms. The average molecular weight is 1370 g/mol. The number of esters is 4. The maximum Gasteiger partial charge on any atom is 0.472 e. The van der Waals surface area contributed by atoms with Crippen LogP contribution >= 0.6 is 15.6 Å². The summed E-state index contributed by atoms with van der Waals surface area (Å²) in [6.45, 7) is 14.2. The zero-order valence-corrected chi connectivity index (χ0v) is 62.7. The number of carbonyl (C=O) groups is 4. The van der Waals surface area contributed by atoms with Gasteiger partial charge < -0.3 is 33.8 Å². The van der Waals surface area contributed by atoms with Gasteiger partial charge >= 0.3 is 39.5 Å². The predicted molar refractivity (Wildman–Crippen MR) is 377 cm³/mol. The molecule has 0 bridgehead atoms. The molecule has 0 rings (SSSR count). The standard InChI is InChI=1S/C74H144O17P2/c1-9-67(8)53-45-37-29-21-16-18-24-32-41-49-57-74(79)90-69(60-84-71(76)54-46-38-30-22-17-15-20-27-35-43-51-65(4)5)62-88-92(80,81)86-58-68(75)59-87-93(82,83)89-63-70(61-85-72(77)55-47-39-33-25-28-36-44-52-66(6)7)91-73(78)56-48-40-31-23-14-12-10-11-13-19-26-34-42-50-64(2)3/h64-70,75H,9-63H2,1-8H3,(H,80,81)(H,82,83)/t67?,68?,69-,70-/m1/s1. The molecule has 3 N–H and O–H groups in total. The number of hydrogen-bond acceptors (Lipinski definition) is 15. The molecule has 0 aromatic heterocycles. The summed E-state index contributed by atoms with van der Waals surface area (Å²) in [5, 5.41) is 10.6. The first-order valence-corrected chi connectivity index (χ1v) is 41.2. The largest absolute Gasteiger partial charge is 0.472 e. The summed E-state index contributed by atoms with van der Waals surface area (Å²) in [6.07, 6.45) is 47.1. The molecule has 17 nitrogen and oxygen atoms in total. The van der Waals surface area contributed by atoms with Gasteiger partial charge in [-0.1, -0.05) is 319 Å². The third-order valence-corrected chi connectivity index (χ3v) is 19.3. The number of unbranched alkanes of at least 4 members (excludes halogenated alkanes) is 36. The molecule has 0 radical (unpaired) electrons. The lowest BCUT2D eigenvalue weighted by Crippen LogP contribution is -2.30. The summed E-state index contributed by atoms with van der Waals surface area (Å²) in [5.41, 5.74) is 0. The Morgan fingerprint density at radius 3 is 0.763 bits per heavy atom. The van der Waals surface area contributed by atoms with Crippen molar-refractivity contribution in [3.05, 3.63) is 0 Å². The lowest BCUT2D eigenvalue weighted by molar-refractivity contribution is -0.161. The number of phosphoric ester groups is 2. The molecule has 4 unspecified atom stereocenters. The van der Waals surface area contributed by atoms with E-state index in [1.165, 1.54) is 167 Å². The van der Waals surface area contributed by atoms with Crippen LogP contribution in [0.3, 0.4) is 0 Å². The maximum atomic E-state index is 13.1. The first kappa shape index (κ1) is 91.1. The highest BCUT2D eigenvalue weighted by molar-refractivity contribution is 7.47. The van der Waals surface area contributed by atoms with Crippen LogP contribution in [0.4, 0.5) is 0 Å². The molecule has 0 aliphatic heterocycles. The highest BCUT2D eigenvalue weighted by Crippen LogP contribution is 2.45. The van der Waals surface area contributed by atoms with Gasteiger partial charge in [0.2, 0.25) is 0 Å². The molecule has 0 aromatic carbocycles. The van der Waals surface area contributed by atoms with E-state index in [0.717, 1.165) is 114 Å². The van der Waals surface area contributed by atoms with Gasteiger partial charge in [-0.3, -0.25) is 37.3 Å². The van der Waals surface area contributed by atoms with E-state index in [4.69, 9.17) is 37.0 Å². The van der Waals surface area contributed by atoms with E-state index in [1.807, 2.05) is 0 Å². The van der Waals surface area contributed by atoms with Crippen molar-refractivity contribution in [2.24, 2.45) is 23.7 Å². The summed E-state index contributed by atoms with van der Waals surface area (Å²) in [6, 6.07) is 0. The van der Waals surface area contributed by atoms with Crippen molar-refractivity contribution in [2.45, 2.75) is 388 Å². The van der Waals surface area contributed by atoms with Crippen molar-refractivity contribution in [1.29, 1.82) is 0 Å². The van der Waals surface area contributed by atoms with Gasteiger partial charge in [0, 0.05) is 25.7 Å². The summed E-state index contributed by atoms with van der Waals surface area (Å²) >= 11 is 0. The second kappa shape index (κ2) is 63.5. The Bertz CT molecular complexity index is 1840. The van der Waals surface area contributed by atoms with E-state index >= 15 is 0 Å². The molecule has 19 heteroatoms. The maximum absolute atomic E-state index is 13.1.